The molecular weight excluding hydrogens is 601 g/mol. The maximum absolute atomic E-state index is 11.7. The average Bonchev–Trinajstić information content (AvgIpc) is 3.64. The van der Waals surface area contributed by atoms with Crippen LogP contribution in [0.4, 0.5) is 0 Å². The lowest BCUT2D eigenvalue weighted by atomic mass is 9.67. The van der Waals surface area contributed by atoms with Gasteiger partial charge in [0.05, 0.1) is 6.54 Å². The number of piperidine rings is 8. The molecule has 11 heterocycles. The first-order valence-corrected chi connectivity index (χ1v) is 21.7. The van der Waals surface area contributed by atoms with Crippen LogP contribution in [0.15, 0.2) is 0 Å². The van der Waals surface area contributed by atoms with E-state index in [-0.39, 0.29) is 0 Å². The number of Topliss-reactive ketones (excluding diaryl/α,β-unsaturated/α-hetero) is 1. The van der Waals surface area contributed by atoms with Crippen molar-refractivity contribution in [1.82, 2.24) is 19.6 Å². The molecule has 0 spiro atoms. The maximum atomic E-state index is 11.7. The quantitative estimate of drug-likeness (QED) is 0.297. The van der Waals surface area contributed by atoms with E-state index in [9.17, 15) is 4.79 Å². The fourth-order valence-corrected chi connectivity index (χ4v) is 12.7. The van der Waals surface area contributed by atoms with E-state index in [4.69, 9.17) is 0 Å². The number of nitrogens with zero attached hydrogens (tertiary/aromatic N) is 4. The van der Waals surface area contributed by atoms with E-state index in [1.165, 1.54) is 103 Å². The summed E-state index contributed by atoms with van der Waals surface area (Å²) in [4.78, 5) is 22.1. The zero-order chi connectivity index (χ0) is 35.1. The molecule has 0 aliphatic carbocycles. The van der Waals surface area contributed by atoms with Gasteiger partial charge in [-0.3, -0.25) is 9.69 Å². The van der Waals surface area contributed by atoms with Crippen LogP contribution >= 0.6 is 0 Å². The Morgan fingerprint density at radius 1 is 0.531 bits per heavy atom. The highest BCUT2D eigenvalue weighted by Gasteiger charge is 2.49. The normalized spacial score (nSPS) is 45.0. The molecule has 5 heteroatoms. The second-order valence-electron chi connectivity index (χ2n) is 20.3. The largest absolute Gasteiger partial charge is 0.303 e. The molecule has 0 N–H and O–H groups in total. The van der Waals surface area contributed by atoms with Crippen LogP contribution in [0.1, 0.15) is 139 Å². The van der Waals surface area contributed by atoms with Gasteiger partial charge in [0.25, 0.3) is 0 Å². The van der Waals surface area contributed by atoms with Gasteiger partial charge in [0.2, 0.25) is 0 Å². The van der Waals surface area contributed by atoms with Crippen molar-refractivity contribution in [2.45, 2.75) is 175 Å². The molecular formula is C44H80N4O. The summed E-state index contributed by atoms with van der Waals surface area (Å²) in [5.74, 6) is 9.48. The lowest BCUT2D eigenvalue weighted by Crippen LogP contribution is -2.62. The average molecular weight is 681 g/mol. The van der Waals surface area contributed by atoms with Crippen molar-refractivity contribution >= 4 is 5.78 Å². The number of carbonyl (C=O) groups is 1. The number of fused-ring (bicyclic) bond motifs is 8. The predicted molar refractivity (Wildman–Crippen MR) is 207 cm³/mol. The molecule has 0 aromatic rings. The van der Waals surface area contributed by atoms with Gasteiger partial charge < -0.3 is 14.7 Å². The minimum absolute atomic E-state index is 0.429. The summed E-state index contributed by atoms with van der Waals surface area (Å²) in [5, 5.41) is 0. The van der Waals surface area contributed by atoms with E-state index in [0.29, 0.717) is 11.7 Å². The van der Waals surface area contributed by atoms with E-state index >= 15 is 0 Å². The van der Waals surface area contributed by atoms with Crippen molar-refractivity contribution in [3.63, 3.8) is 0 Å². The summed E-state index contributed by atoms with van der Waals surface area (Å²) in [6.45, 7) is 23.9. The summed E-state index contributed by atoms with van der Waals surface area (Å²) in [7, 11) is 4.63. The van der Waals surface area contributed by atoms with Crippen LogP contribution in [0.25, 0.3) is 0 Å². The molecule has 282 valence electrons. The third-order valence-corrected chi connectivity index (χ3v) is 16.4. The molecule has 5 nitrogen and oxygen atoms in total. The van der Waals surface area contributed by atoms with E-state index in [0.717, 1.165) is 96.1 Å². The van der Waals surface area contributed by atoms with Crippen LogP contribution in [0.2, 0.25) is 0 Å². The van der Waals surface area contributed by atoms with E-state index in [2.05, 4.69) is 89.1 Å². The molecule has 11 rings (SSSR count). The Balaban J connectivity index is 0.000000114. The van der Waals surface area contributed by atoms with Crippen LogP contribution in [-0.2, 0) is 4.79 Å². The van der Waals surface area contributed by atoms with Gasteiger partial charge >= 0.3 is 0 Å². The number of carbonyl (C=O) groups excluding carboxylic acids is 1. The van der Waals surface area contributed by atoms with Crippen LogP contribution in [0.5, 0.6) is 0 Å². The topological polar surface area (TPSA) is 30.0 Å². The van der Waals surface area contributed by atoms with Crippen LogP contribution in [-0.4, -0.2) is 102 Å². The zero-order valence-electron chi connectivity index (χ0n) is 34.0. The Bertz CT molecular complexity index is 1030. The minimum Gasteiger partial charge on any atom is -0.303 e. The zero-order valence-corrected chi connectivity index (χ0v) is 34.0. The fraction of sp³-hybridized carbons (Fsp3) is 0.977. The van der Waals surface area contributed by atoms with E-state index in [1.54, 1.807) is 0 Å². The third kappa shape index (κ3) is 8.51. The number of hydrogen-bond donors (Lipinski definition) is 0. The summed E-state index contributed by atoms with van der Waals surface area (Å²) in [6.07, 6.45) is 18.2. The highest BCUT2D eigenvalue weighted by atomic mass is 16.1. The Morgan fingerprint density at radius 2 is 1.02 bits per heavy atom. The maximum Gasteiger partial charge on any atom is 0.150 e. The van der Waals surface area contributed by atoms with Gasteiger partial charge in [-0.25, -0.2) is 0 Å². The molecule has 0 saturated carbocycles. The van der Waals surface area contributed by atoms with Gasteiger partial charge in [-0.1, -0.05) is 55.4 Å². The second kappa shape index (κ2) is 16.3. The monoisotopic (exact) mass is 681 g/mol. The summed E-state index contributed by atoms with van der Waals surface area (Å²) >= 11 is 0. The standard InChI is InChI=1S/C13H21NO.C11H21N.2C10H19N/c1-8(2)9-3-11-5-10-6-12(4-9)14(11)7-13(10)15;1-8(2)9-6-10-4-5-11(7-9)12(10)3;1-7(2)9-6-8-4-5-10(9)11(8)3;1-8(2)10-7-11-5-3-9(10)4-6-11/h8-12H,3-7H2,1-2H3;8-11H,4-7H2,1-3H3;7-10H,4-6H2,1-3H3;8-10H,3-7H2,1-2H3/t9?,10?,11-,12?;;;/m0.../s1. The van der Waals surface area contributed by atoms with Crippen LogP contribution in [0.3, 0.4) is 0 Å². The lowest BCUT2D eigenvalue weighted by Gasteiger charge is -2.55. The predicted octanol–water partition coefficient (Wildman–Crippen LogP) is 8.71. The van der Waals surface area contributed by atoms with Crippen molar-refractivity contribution in [3.05, 3.63) is 0 Å². The summed E-state index contributed by atoms with van der Waals surface area (Å²) < 4.78 is 0. The fourth-order valence-electron chi connectivity index (χ4n) is 12.7. The smallest absolute Gasteiger partial charge is 0.150 e. The molecule has 0 aromatic carbocycles. The van der Waals surface area contributed by atoms with Gasteiger partial charge in [-0.15, -0.1) is 0 Å². The molecule has 11 aliphatic rings. The van der Waals surface area contributed by atoms with Crippen LogP contribution in [0, 0.1) is 59.2 Å². The minimum atomic E-state index is 0.429. The van der Waals surface area contributed by atoms with Crippen LogP contribution < -0.4 is 0 Å². The summed E-state index contributed by atoms with van der Waals surface area (Å²) in [5.41, 5.74) is 0. The molecule has 0 amide bonds. The van der Waals surface area contributed by atoms with Crippen molar-refractivity contribution in [2.24, 2.45) is 59.2 Å². The Labute approximate surface area is 304 Å². The molecule has 0 radical (unpaired) electrons. The first kappa shape index (κ1) is 38.2. The van der Waals surface area contributed by atoms with Gasteiger partial charge in [0, 0.05) is 48.7 Å². The molecule has 11 atom stereocenters. The molecule has 11 saturated heterocycles. The number of ketones is 1. The van der Waals surface area contributed by atoms with Gasteiger partial charge in [0.1, 0.15) is 5.78 Å². The Kier molecular flexibility index (Phi) is 12.7. The number of rotatable bonds is 4. The van der Waals surface area contributed by atoms with Gasteiger partial charge in [0.15, 0.2) is 0 Å². The second-order valence-corrected chi connectivity index (χ2v) is 20.3. The molecule has 11 aliphatic heterocycles. The molecule has 0 aromatic heterocycles. The summed E-state index contributed by atoms with van der Waals surface area (Å²) in [6, 6.07) is 5.21. The Hall–Kier alpha value is -0.490. The third-order valence-electron chi connectivity index (χ3n) is 16.4. The molecule has 10 unspecified atom stereocenters. The molecule has 10 bridgehead atoms. The first-order valence-electron chi connectivity index (χ1n) is 21.7. The number of hydrogen-bond acceptors (Lipinski definition) is 5. The van der Waals surface area contributed by atoms with Crippen molar-refractivity contribution < 1.29 is 4.79 Å². The van der Waals surface area contributed by atoms with Crippen molar-refractivity contribution in [2.75, 3.05) is 40.3 Å². The SMILES string of the molecule is CC(C)C1CC2CC3C[C@H](C1)N2CC3=O.CC(C)C1CC2CCC(C1)N2C.CC(C)C1CC2CCC1N2C.CC(C)C1CN2CCC1CC2. The van der Waals surface area contributed by atoms with E-state index < -0.39 is 0 Å². The van der Waals surface area contributed by atoms with Crippen molar-refractivity contribution in [3.8, 4) is 0 Å². The van der Waals surface area contributed by atoms with E-state index in [1.807, 2.05) is 0 Å². The Morgan fingerprint density at radius 3 is 1.37 bits per heavy atom. The first-order chi connectivity index (χ1) is 23.3. The van der Waals surface area contributed by atoms with Gasteiger partial charge in [-0.2, -0.15) is 0 Å². The highest BCUT2D eigenvalue weighted by Crippen LogP contribution is 2.46. The highest BCUT2D eigenvalue weighted by molar-refractivity contribution is 5.84. The lowest BCUT2D eigenvalue weighted by molar-refractivity contribution is -0.142. The van der Waals surface area contributed by atoms with Crippen molar-refractivity contribution in [1.29, 1.82) is 0 Å². The molecule has 11 fully saturated rings. The molecule has 49 heavy (non-hydrogen) atoms. The van der Waals surface area contributed by atoms with Gasteiger partial charge in [-0.05, 0) is 164 Å².